The lowest BCUT2D eigenvalue weighted by atomic mass is 10.1. The number of nitrogens with one attached hydrogen (secondary N) is 2. The summed E-state index contributed by atoms with van der Waals surface area (Å²) in [5.74, 6) is -0.475. The highest BCUT2D eigenvalue weighted by Gasteiger charge is 2.12. The molecule has 0 heterocycles. The van der Waals surface area contributed by atoms with E-state index < -0.39 is 11.9 Å². The van der Waals surface area contributed by atoms with Crippen LogP contribution in [0.4, 0.5) is 0 Å². The minimum atomic E-state index is -0.519. The zero-order valence-electron chi connectivity index (χ0n) is 7.88. The molecule has 13 heavy (non-hydrogen) atoms. The molecule has 0 aliphatic rings. The third-order valence-corrected chi connectivity index (χ3v) is 1.78. The number of amides is 2. The van der Waals surface area contributed by atoms with Crippen molar-refractivity contribution in [1.82, 2.24) is 10.6 Å². The molecule has 0 fully saturated rings. The number of carbonyl (C=O) groups excluding carboxylic acids is 2. The summed E-state index contributed by atoms with van der Waals surface area (Å²) in [5.41, 5.74) is 5.06. The molecule has 0 aromatic rings. The summed E-state index contributed by atoms with van der Waals surface area (Å²) < 4.78 is 0. The van der Waals surface area contributed by atoms with Crippen LogP contribution in [-0.2, 0) is 9.59 Å². The van der Waals surface area contributed by atoms with Gasteiger partial charge < -0.3 is 16.4 Å². The molecule has 4 N–H and O–H groups in total. The fourth-order valence-electron chi connectivity index (χ4n) is 1.04. The summed E-state index contributed by atoms with van der Waals surface area (Å²) in [6, 6.07) is -0.519. The molecule has 0 saturated heterocycles. The van der Waals surface area contributed by atoms with Crippen LogP contribution in [0.3, 0.4) is 0 Å². The number of hydrogen-bond acceptors (Lipinski definition) is 3. The molecule has 5 heteroatoms. The highest BCUT2D eigenvalue weighted by Crippen LogP contribution is 1.99. The molecule has 0 aliphatic heterocycles. The van der Waals surface area contributed by atoms with Crippen molar-refractivity contribution in [2.24, 2.45) is 5.73 Å². The molecule has 0 aliphatic carbocycles. The standard InChI is InChI=1S/C8H17N3O2/c1-10-5-3-2-4-7(8(9)13)11-6-12/h6-7,10H,2-5H2,1H3,(H2,9,13)(H,11,12). The van der Waals surface area contributed by atoms with Crippen LogP contribution in [0.5, 0.6) is 0 Å². The van der Waals surface area contributed by atoms with E-state index in [1.807, 2.05) is 7.05 Å². The zero-order chi connectivity index (χ0) is 10.1. The van der Waals surface area contributed by atoms with Crippen LogP contribution in [0.2, 0.25) is 0 Å². The molecule has 0 spiro atoms. The fourth-order valence-corrected chi connectivity index (χ4v) is 1.04. The van der Waals surface area contributed by atoms with Gasteiger partial charge in [0.15, 0.2) is 0 Å². The monoisotopic (exact) mass is 187 g/mol. The first-order valence-corrected chi connectivity index (χ1v) is 4.36. The molecule has 0 aromatic heterocycles. The molecule has 1 atom stereocenters. The number of unbranched alkanes of at least 4 members (excludes halogenated alkanes) is 1. The third kappa shape index (κ3) is 6.10. The normalized spacial score (nSPS) is 12.1. The van der Waals surface area contributed by atoms with Crippen LogP contribution in [0, 0.1) is 0 Å². The summed E-state index contributed by atoms with van der Waals surface area (Å²) in [6.45, 7) is 0.909. The number of carbonyl (C=O) groups is 2. The Morgan fingerprint density at radius 1 is 1.54 bits per heavy atom. The van der Waals surface area contributed by atoms with Gasteiger partial charge in [-0.25, -0.2) is 0 Å². The van der Waals surface area contributed by atoms with Gasteiger partial charge in [0.2, 0.25) is 12.3 Å². The SMILES string of the molecule is CNCCCCC(NC=O)C(N)=O. The smallest absolute Gasteiger partial charge is 0.239 e. The molecule has 0 bridgehead atoms. The van der Waals surface area contributed by atoms with Gasteiger partial charge >= 0.3 is 0 Å². The van der Waals surface area contributed by atoms with E-state index in [4.69, 9.17) is 5.73 Å². The van der Waals surface area contributed by atoms with E-state index in [1.54, 1.807) is 0 Å². The topological polar surface area (TPSA) is 84.2 Å². The van der Waals surface area contributed by atoms with E-state index in [0.717, 1.165) is 19.4 Å². The number of nitrogens with two attached hydrogens (primary N) is 1. The average molecular weight is 187 g/mol. The molecule has 0 radical (unpaired) electrons. The minimum absolute atomic E-state index is 0.475. The predicted octanol–water partition coefficient (Wildman–Crippen LogP) is -1.02. The Hall–Kier alpha value is -1.10. The first-order chi connectivity index (χ1) is 6.22. The van der Waals surface area contributed by atoms with Gasteiger partial charge in [-0.05, 0) is 32.9 Å². The van der Waals surface area contributed by atoms with Crippen LogP contribution in [0.25, 0.3) is 0 Å². The molecule has 0 rings (SSSR count). The van der Waals surface area contributed by atoms with Crippen LogP contribution < -0.4 is 16.4 Å². The fraction of sp³-hybridized carbons (Fsp3) is 0.750. The number of rotatable bonds is 8. The first-order valence-electron chi connectivity index (χ1n) is 4.36. The Morgan fingerprint density at radius 3 is 2.69 bits per heavy atom. The summed E-state index contributed by atoms with van der Waals surface area (Å²) in [5, 5.41) is 5.38. The Labute approximate surface area is 78.1 Å². The molecule has 0 aromatic carbocycles. The maximum Gasteiger partial charge on any atom is 0.239 e. The Morgan fingerprint density at radius 2 is 2.23 bits per heavy atom. The van der Waals surface area contributed by atoms with Crippen LogP contribution in [0.15, 0.2) is 0 Å². The maximum atomic E-state index is 10.7. The zero-order valence-corrected chi connectivity index (χ0v) is 7.88. The van der Waals surface area contributed by atoms with Gasteiger partial charge in [0, 0.05) is 0 Å². The van der Waals surface area contributed by atoms with Crippen molar-refractivity contribution < 1.29 is 9.59 Å². The quantitative estimate of drug-likeness (QED) is 0.336. The number of primary amides is 1. The van der Waals surface area contributed by atoms with Gasteiger partial charge in [-0.1, -0.05) is 0 Å². The van der Waals surface area contributed by atoms with Gasteiger partial charge in [0.1, 0.15) is 6.04 Å². The van der Waals surface area contributed by atoms with Crippen molar-refractivity contribution in [1.29, 1.82) is 0 Å². The molecule has 76 valence electrons. The molecule has 1 unspecified atom stereocenters. The van der Waals surface area contributed by atoms with Crippen molar-refractivity contribution in [3.05, 3.63) is 0 Å². The summed E-state index contributed by atoms with van der Waals surface area (Å²) >= 11 is 0. The van der Waals surface area contributed by atoms with Crippen molar-refractivity contribution >= 4 is 12.3 Å². The second-order valence-corrected chi connectivity index (χ2v) is 2.84. The lowest BCUT2D eigenvalue weighted by molar-refractivity contribution is -0.122. The van der Waals surface area contributed by atoms with E-state index in [1.165, 1.54) is 0 Å². The number of hydrogen-bond donors (Lipinski definition) is 3. The van der Waals surface area contributed by atoms with E-state index in [9.17, 15) is 9.59 Å². The summed E-state index contributed by atoms with van der Waals surface area (Å²) in [7, 11) is 1.87. The summed E-state index contributed by atoms with van der Waals surface area (Å²) in [6.07, 6.45) is 2.96. The predicted molar refractivity (Wildman–Crippen MR) is 50.0 cm³/mol. The molecular formula is C8H17N3O2. The second kappa shape index (κ2) is 7.54. The van der Waals surface area contributed by atoms with E-state index >= 15 is 0 Å². The third-order valence-electron chi connectivity index (χ3n) is 1.78. The van der Waals surface area contributed by atoms with E-state index in [0.29, 0.717) is 12.8 Å². The average Bonchev–Trinajstić information content (AvgIpc) is 2.10. The van der Waals surface area contributed by atoms with Crippen molar-refractivity contribution in [2.75, 3.05) is 13.6 Å². The van der Waals surface area contributed by atoms with Crippen molar-refractivity contribution in [2.45, 2.75) is 25.3 Å². The lowest BCUT2D eigenvalue weighted by Crippen LogP contribution is -2.40. The highest BCUT2D eigenvalue weighted by atomic mass is 16.2. The van der Waals surface area contributed by atoms with Crippen molar-refractivity contribution in [3.8, 4) is 0 Å². The largest absolute Gasteiger partial charge is 0.368 e. The first kappa shape index (κ1) is 11.9. The second-order valence-electron chi connectivity index (χ2n) is 2.84. The van der Waals surface area contributed by atoms with Gasteiger partial charge in [-0.15, -0.1) is 0 Å². The van der Waals surface area contributed by atoms with Gasteiger partial charge in [0.05, 0.1) is 0 Å². The van der Waals surface area contributed by atoms with E-state index in [2.05, 4.69) is 10.6 Å². The molecule has 2 amide bonds. The van der Waals surface area contributed by atoms with Crippen LogP contribution in [0.1, 0.15) is 19.3 Å². The highest BCUT2D eigenvalue weighted by molar-refractivity contribution is 5.81. The maximum absolute atomic E-state index is 10.7. The minimum Gasteiger partial charge on any atom is -0.368 e. The molecular weight excluding hydrogens is 170 g/mol. The van der Waals surface area contributed by atoms with Gasteiger partial charge in [0.25, 0.3) is 0 Å². The van der Waals surface area contributed by atoms with Crippen molar-refractivity contribution in [3.63, 3.8) is 0 Å². The van der Waals surface area contributed by atoms with E-state index in [-0.39, 0.29) is 0 Å². The Bertz CT molecular complexity index is 161. The Kier molecular flexibility index (Phi) is 6.91. The lowest BCUT2D eigenvalue weighted by Gasteiger charge is -2.11. The van der Waals surface area contributed by atoms with Gasteiger partial charge in [-0.2, -0.15) is 0 Å². The van der Waals surface area contributed by atoms with Gasteiger partial charge in [-0.3, -0.25) is 9.59 Å². The molecule has 0 saturated carbocycles. The van der Waals surface area contributed by atoms with Crippen LogP contribution in [-0.4, -0.2) is 32.0 Å². The molecule has 5 nitrogen and oxygen atoms in total. The summed E-state index contributed by atoms with van der Waals surface area (Å²) in [4.78, 5) is 20.8. The Balaban J connectivity index is 3.56. The van der Waals surface area contributed by atoms with Crippen LogP contribution >= 0.6 is 0 Å².